The van der Waals surface area contributed by atoms with Gasteiger partial charge in [-0.1, -0.05) is 20.4 Å². The summed E-state index contributed by atoms with van der Waals surface area (Å²) in [4.78, 5) is 11.5. The van der Waals surface area contributed by atoms with E-state index in [9.17, 15) is 26.7 Å². The Morgan fingerprint density at radius 1 is 1.36 bits per heavy atom. The Bertz CT molecular complexity index is 494. The number of carbonyl (C=O) groups is 1. The number of alkyl halides is 4. The summed E-state index contributed by atoms with van der Waals surface area (Å²) in [6.45, 7) is 9.39. The second kappa shape index (κ2) is 10.2. The maximum atomic E-state index is 13.7. The van der Waals surface area contributed by atoms with Crippen molar-refractivity contribution >= 4 is 6.03 Å². The van der Waals surface area contributed by atoms with E-state index in [1.165, 1.54) is 6.92 Å². The topological polar surface area (TPSA) is 50.4 Å². The summed E-state index contributed by atoms with van der Waals surface area (Å²) in [6.07, 6.45) is -6.28. The van der Waals surface area contributed by atoms with Gasteiger partial charge in [0, 0.05) is 27.9 Å². The Kier molecular flexibility index (Phi) is 9.51. The van der Waals surface area contributed by atoms with Gasteiger partial charge in [0.25, 0.3) is 0 Å². The number of hydrogen-bond acceptors (Lipinski definition) is 2. The van der Waals surface area contributed by atoms with Gasteiger partial charge in [-0.15, -0.1) is 0 Å². The highest BCUT2D eigenvalue weighted by Gasteiger charge is 2.48. The number of rotatable bonds is 6. The highest BCUT2D eigenvalue weighted by molar-refractivity contribution is 5.74. The third-order valence-electron chi connectivity index (χ3n) is 3.36. The van der Waals surface area contributed by atoms with Gasteiger partial charge in [0.2, 0.25) is 6.36 Å². The van der Waals surface area contributed by atoms with E-state index in [-0.39, 0.29) is 33.6 Å². The number of nitrogens with one attached hydrogen (secondary N) is 2. The molecule has 2 amide bonds. The van der Waals surface area contributed by atoms with Crippen molar-refractivity contribution in [1.82, 2.24) is 10.6 Å². The van der Waals surface area contributed by atoms with E-state index in [1.54, 1.807) is 0 Å². The summed E-state index contributed by atoms with van der Waals surface area (Å²) in [6, 6.07) is -1.28. The summed E-state index contributed by atoms with van der Waals surface area (Å²) in [7, 11) is 0. The monoisotopic (exact) mass is 376 g/mol. The minimum Gasteiger partial charge on any atom is -0.462 e. The zero-order valence-electron chi connectivity index (χ0n) is 14.8. The molecule has 0 spiro atoms. The van der Waals surface area contributed by atoms with Crippen LogP contribution in [-0.4, -0.2) is 31.2 Å². The van der Waals surface area contributed by atoms with Crippen LogP contribution in [0, 0.1) is 5.92 Å². The van der Waals surface area contributed by atoms with Gasteiger partial charge in [0.05, 0.1) is 5.92 Å². The fourth-order valence-electron chi connectivity index (χ4n) is 2.05. The molecule has 1 saturated carbocycles. The SMILES string of the molecule is C=C(CNC(=O)NC1CC(C(F)(F)F)C1)/C(F)=C(\C)OC(C)F.CC.[HH].[HH]. The molecule has 0 heterocycles. The molecule has 1 aliphatic rings. The van der Waals surface area contributed by atoms with Gasteiger partial charge in [-0.05, 0) is 19.8 Å². The highest BCUT2D eigenvalue weighted by Crippen LogP contribution is 2.40. The van der Waals surface area contributed by atoms with Crippen molar-refractivity contribution in [3.05, 3.63) is 23.7 Å². The van der Waals surface area contributed by atoms with Crippen LogP contribution in [0.2, 0.25) is 0 Å². The number of halogens is 5. The van der Waals surface area contributed by atoms with Crippen molar-refractivity contribution in [2.24, 2.45) is 5.92 Å². The predicted octanol–water partition coefficient (Wildman–Crippen LogP) is 5.23. The lowest BCUT2D eigenvalue weighted by molar-refractivity contribution is -0.198. The largest absolute Gasteiger partial charge is 0.462 e. The van der Waals surface area contributed by atoms with E-state index in [2.05, 4.69) is 21.9 Å². The molecule has 150 valence electrons. The maximum Gasteiger partial charge on any atom is 0.391 e. The van der Waals surface area contributed by atoms with E-state index in [0.717, 1.165) is 6.92 Å². The molecule has 4 nitrogen and oxygen atoms in total. The summed E-state index contributed by atoms with van der Waals surface area (Å²) < 4.78 is 67.7. The quantitative estimate of drug-likeness (QED) is 0.379. The zero-order chi connectivity index (χ0) is 19.8. The molecular formula is C16H29F5N2O2. The first-order valence-corrected chi connectivity index (χ1v) is 7.97. The van der Waals surface area contributed by atoms with Crippen molar-refractivity contribution in [2.75, 3.05) is 6.54 Å². The van der Waals surface area contributed by atoms with Crippen LogP contribution in [0.15, 0.2) is 23.7 Å². The van der Waals surface area contributed by atoms with Gasteiger partial charge in [-0.3, -0.25) is 0 Å². The number of ether oxygens (including phenoxy) is 1. The zero-order valence-corrected chi connectivity index (χ0v) is 14.8. The van der Waals surface area contributed by atoms with E-state index < -0.39 is 36.4 Å². The first kappa shape index (κ1) is 23.2. The van der Waals surface area contributed by atoms with Gasteiger partial charge in [-0.2, -0.15) is 13.2 Å². The van der Waals surface area contributed by atoms with Crippen LogP contribution in [0.25, 0.3) is 0 Å². The minimum absolute atomic E-state index is 0. The van der Waals surface area contributed by atoms with E-state index in [0.29, 0.717) is 0 Å². The molecule has 0 radical (unpaired) electrons. The molecule has 1 fully saturated rings. The van der Waals surface area contributed by atoms with Crippen molar-refractivity contribution < 1.29 is 34.3 Å². The van der Waals surface area contributed by atoms with Gasteiger partial charge < -0.3 is 15.4 Å². The molecule has 0 bridgehead atoms. The molecule has 2 N–H and O–H groups in total. The Balaban J connectivity index is -0.00000139. The molecule has 0 aromatic carbocycles. The number of carbonyl (C=O) groups excluding carboxylic acids is 1. The van der Waals surface area contributed by atoms with E-state index in [1.807, 2.05) is 13.8 Å². The van der Waals surface area contributed by atoms with Crippen LogP contribution in [-0.2, 0) is 4.74 Å². The molecule has 0 aromatic heterocycles. The summed E-state index contributed by atoms with van der Waals surface area (Å²) >= 11 is 0. The maximum absolute atomic E-state index is 13.7. The lowest BCUT2D eigenvalue weighted by Gasteiger charge is -2.36. The van der Waals surface area contributed by atoms with Gasteiger partial charge in [0.15, 0.2) is 5.83 Å². The molecule has 9 heteroatoms. The van der Waals surface area contributed by atoms with Crippen molar-refractivity contribution in [2.45, 2.75) is 59.1 Å². The van der Waals surface area contributed by atoms with Crippen LogP contribution in [0.5, 0.6) is 0 Å². The average Bonchev–Trinajstić information content (AvgIpc) is 2.47. The average molecular weight is 376 g/mol. The fourth-order valence-corrected chi connectivity index (χ4v) is 2.05. The molecule has 25 heavy (non-hydrogen) atoms. The third kappa shape index (κ3) is 8.22. The van der Waals surface area contributed by atoms with Crippen LogP contribution >= 0.6 is 0 Å². The normalized spacial score (nSPS) is 21.6. The number of urea groups is 1. The van der Waals surface area contributed by atoms with Crippen molar-refractivity contribution in [3.63, 3.8) is 0 Å². The van der Waals surface area contributed by atoms with Gasteiger partial charge in [-0.25, -0.2) is 13.6 Å². The van der Waals surface area contributed by atoms with E-state index in [4.69, 9.17) is 0 Å². The minimum atomic E-state index is -4.25. The lowest BCUT2D eigenvalue weighted by Crippen LogP contribution is -2.51. The van der Waals surface area contributed by atoms with Crippen LogP contribution in [0.4, 0.5) is 26.7 Å². The van der Waals surface area contributed by atoms with Crippen molar-refractivity contribution in [1.29, 1.82) is 0 Å². The summed E-state index contributed by atoms with van der Waals surface area (Å²) in [5.41, 5.74) is -0.139. The predicted molar refractivity (Wildman–Crippen MR) is 89.3 cm³/mol. The number of amides is 2. The molecule has 1 unspecified atom stereocenters. The van der Waals surface area contributed by atoms with Crippen LogP contribution < -0.4 is 10.6 Å². The molecule has 0 saturated heterocycles. The van der Waals surface area contributed by atoms with Crippen LogP contribution in [0.3, 0.4) is 0 Å². The highest BCUT2D eigenvalue weighted by atomic mass is 19.4. The summed E-state index contributed by atoms with van der Waals surface area (Å²) in [5.74, 6) is -2.60. The van der Waals surface area contributed by atoms with Crippen molar-refractivity contribution in [3.8, 4) is 0 Å². The fraction of sp³-hybridized carbons (Fsp3) is 0.688. The Labute approximate surface area is 147 Å². The smallest absolute Gasteiger partial charge is 0.391 e. The Morgan fingerprint density at radius 2 is 1.88 bits per heavy atom. The first-order valence-electron chi connectivity index (χ1n) is 7.97. The van der Waals surface area contributed by atoms with Crippen LogP contribution in [0.1, 0.15) is 43.4 Å². The lowest BCUT2D eigenvalue weighted by atomic mass is 9.80. The molecule has 0 aliphatic heterocycles. The number of allylic oxidation sites excluding steroid dienone is 1. The third-order valence-corrected chi connectivity index (χ3v) is 3.36. The molecule has 1 rings (SSSR count). The van der Waals surface area contributed by atoms with Gasteiger partial charge >= 0.3 is 12.2 Å². The molecular weight excluding hydrogens is 347 g/mol. The number of hydrogen-bond donors (Lipinski definition) is 2. The van der Waals surface area contributed by atoms with Gasteiger partial charge in [0.1, 0.15) is 5.76 Å². The van der Waals surface area contributed by atoms with E-state index >= 15 is 0 Å². The standard InChI is InChI=1S/C14H19F5N2O2.C2H6.2H2/c1-7(12(16)8(2)23-9(3)15)6-20-13(22)21-11-4-10(5-11)14(17,18)19;1-2;;/h9-11H,1,4-6H2,2-3H3,(H2,20,21,22);1-2H3;2*1H/b12-8-;;;. The Morgan fingerprint density at radius 3 is 2.32 bits per heavy atom. The molecule has 1 aliphatic carbocycles. The second-order valence-corrected chi connectivity index (χ2v) is 5.37. The molecule has 0 aromatic rings. The Hall–Kier alpha value is -1.80. The molecule has 1 atom stereocenters. The second-order valence-electron chi connectivity index (χ2n) is 5.37. The first-order chi connectivity index (χ1) is 11.5. The summed E-state index contributed by atoms with van der Waals surface area (Å²) in [5, 5.41) is 4.62.